The third-order valence-corrected chi connectivity index (χ3v) is 6.78. The molecule has 0 amide bonds. The molecule has 0 bridgehead atoms. The predicted octanol–water partition coefficient (Wildman–Crippen LogP) is 6.40. The molecular formula is C8H13Cl6O3PS. The van der Waals surface area contributed by atoms with E-state index in [-0.39, 0.29) is 6.61 Å². The molecule has 1 atom stereocenters. The summed E-state index contributed by atoms with van der Waals surface area (Å²) in [4.78, 5) is 0. The first kappa shape index (κ1) is 21.2. The van der Waals surface area contributed by atoms with Crippen LogP contribution in [0.3, 0.4) is 0 Å². The minimum Gasteiger partial charge on any atom is -0.301 e. The van der Waals surface area contributed by atoms with E-state index in [9.17, 15) is 4.57 Å². The highest BCUT2D eigenvalue weighted by Crippen LogP contribution is 2.64. The van der Waals surface area contributed by atoms with Gasteiger partial charge in [0.05, 0.1) is 6.61 Å². The molecule has 0 aliphatic heterocycles. The van der Waals surface area contributed by atoms with E-state index >= 15 is 0 Å². The van der Waals surface area contributed by atoms with Crippen molar-refractivity contribution in [2.75, 3.05) is 12.4 Å². The quantitative estimate of drug-likeness (QED) is 0.344. The van der Waals surface area contributed by atoms with Crippen molar-refractivity contribution in [2.45, 2.75) is 34.0 Å². The Morgan fingerprint density at radius 1 is 1.11 bits per heavy atom. The molecule has 0 heterocycles. The van der Waals surface area contributed by atoms with Crippen LogP contribution in [-0.4, -0.2) is 26.0 Å². The molecule has 0 aliphatic rings. The van der Waals surface area contributed by atoms with E-state index in [2.05, 4.69) is 0 Å². The maximum absolute atomic E-state index is 12.4. The average Bonchev–Trinajstić information content (AvgIpc) is 2.21. The van der Waals surface area contributed by atoms with Gasteiger partial charge in [0.15, 0.2) is 6.10 Å². The van der Waals surface area contributed by atoms with Gasteiger partial charge in [-0.05, 0) is 24.7 Å². The van der Waals surface area contributed by atoms with Gasteiger partial charge in [-0.15, -0.1) is 0 Å². The summed E-state index contributed by atoms with van der Waals surface area (Å²) in [6.45, 7) is 0.141. The van der Waals surface area contributed by atoms with Crippen LogP contribution in [0.15, 0.2) is 0 Å². The lowest BCUT2D eigenvalue weighted by Gasteiger charge is -2.32. The Kier molecular flexibility index (Phi) is 9.80. The molecule has 116 valence electrons. The van der Waals surface area contributed by atoms with Crippen LogP contribution in [0.25, 0.3) is 0 Å². The molecule has 0 N–H and O–H groups in total. The first-order chi connectivity index (χ1) is 8.46. The maximum atomic E-state index is 12.4. The maximum Gasteiger partial charge on any atom is 0.389 e. The number of alkyl halides is 6. The van der Waals surface area contributed by atoms with Gasteiger partial charge in [0.2, 0.25) is 7.59 Å². The van der Waals surface area contributed by atoms with Crippen molar-refractivity contribution in [1.82, 2.24) is 0 Å². The molecule has 0 aromatic rings. The van der Waals surface area contributed by atoms with Crippen LogP contribution in [0.5, 0.6) is 0 Å². The monoisotopic (exact) mass is 430 g/mol. The molecule has 0 aromatic heterocycles. The van der Waals surface area contributed by atoms with E-state index in [1.54, 1.807) is 6.92 Å². The average molecular weight is 433 g/mol. The fraction of sp³-hybridized carbons (Fsp3) is 1.00. The molecular weight excluding hydrogens is 420 g/mol. The standard InChI is InChI=1S/C8H13Cl6O3PS/c1-3-5-19-18(15,16-4-2)17-6(7(9,10)11)8(12,13)14/h6H,3-5H2,1-2H3. The summed E-state index contributed by atoms with van der Waals surface area (Å²) in [5.41, 5.74) is 0. The highest BCUT2D eigenvalue weighted by atomic mass is 35.6. The van der Waals surface area contributed by atoms with Gasteiger partial charge in [0.1, 0.15) is 0 Å². The Morgan fingerprint density at radius 3 is 1.89 bits per heavy atom. The first-order valence-corrected chi connectivity index (χ1v) is 10.6. The first-order valence-electron chi connectivity index (χ1n) is 5.17. The predicted molar refractivity (Wildman–Crippen MR) is 87.4 cm³/mol. The fourth-order valence-corrected chi connectivity index (χ4v) is 6.71. The van der Waals surface area contributed by atoms with Gasteiger partial charge in [0, 0.05) is 5.75 Å². The van der Waals surface area contributed by atoms with Crippen molar-refractivity contribution >= 4 is 87.8 Å². The number of hydrogen-bond donors (Lipinski definition) is 0. The zero-order chi connectivity index (χ0) is 15.3. The highest BCUT2D eigenvalue weighted by molar-refractivity contribution is 8.55. The Bertz CT molecular complexity index is 305. The second kappa shape index (κ2) is 8.76. The zero-order valence-electron chi connectivity index (χ0n) is 10.0. The molecule has 0 fully saturated rings. The van der Waals surface area contributed by atoms with Gasteiger partial charge in [-0.3, -0.25) is 4.52 Å². The number of halogens is 6. The third-order valence-electron chi connectivity index (χ3n) is 1.57. The Labute approximate surface area is 147 Å². The SMILES string of the molecule is CCCSP(=O)(OCC)OC(C(Cl)(Cl)Cl)C(Cl)(Cl)Cl. The molecule has 0 spiro atoms. The second-order valence-electron chi connectivity index (χ2n) is 3.27. The second-order valence-corrected chi connectivity index (χ2v) is 12.2. The van der Waals surface area contributed by atoms with Crippen LogP contribution in [0.2, 0.25) is 0 Å². The van der Waals surface area contributed by atoms with Crippen LogP contribution in [0.4, 0.5) is 0 Å². The van der Waals surface area contributed by atoms with E-state index in [0.29, 0.717) is 5.75 Å². The van der Waals surface area contributed by atoms with Crippen molar-refractivity contribution in [3.8, 4) is 0 Å². The molecule has 0 aliphatic carbocycles. The van der Waals surface area contributed by atoms with Crippen molar-refractivity contribution in [3.05, 3.63) is 0 Å². The van der Waals surface area contributed by atoms with Crippen molar-refractivity contribution in [2.24, 2.45) is 0 Å². The van der Waals surface area contributed by atoms with Gasteiger partial charge >= 0.3 is 6.80 Å². The van der Waals surface area contributed by atoms with Crippen LogP contribution in [0.1, 0.15) is 20.3 Å². The van der Waals surface area contributed by atoms with E-state index in [0.717, 1.165) is 17.8 Å². The van der Waals surface area contributed by atoms with Gasteiger partial charge in [-0.1, -0.05) is 76.5 Å². The van der Waals surface area contributed by atoms with E-state index < -0.39 is 20.5 Å². The summed E-state index contributed by atoms with van der Waals surface area (Å²) >= 11 is 35.1. The molecule has 0 aromatic carbocycles. The smallest absolute Gasteiger partial charge is 0.301 e. The van der Waals surface area contributed by atoms with Crippen LogP contribution in [-0.2, 0) is 13.6 Å². The molecule has 1 unspecified atom stereocenters. The molecule has 11 heteroatoms. The van der Waals surface area contributed by atoms with Crippen LogP contribution in [0, 0.1) is 0 Å². The number of rotatable bonds is 7. The lowest BCUT2D eigenvalue weighted by molar-refractivity contribution is 0.166. The topological polar surface area (TPSA) is 35.5 Å². The van der Waals surface area contributed by atoms with E-state index in [1.807, 2.05) is 6.92 Å². The minimum atomic E-state index is -3.57. The fourth-order valence-electron chi connectivity index (χ4n) is 0.894. The summed E-state index contributed by atoms with van der Waals surface area (Å²) in [5.74, 6) is 0.531. The summed E-state index contributed by atoms with van der Waals surface area (Å²) in [5, 5.41) is 0. The third kappa shape index (κ3) is 8.44. The lowest BCUT2D eigenvalue weighted by Crippen LogP contribution is -2.39. The summed E-state index contributed by atoms with van der Waals surface area (Å²) in [6.07, 6.45) is -0.770. The van der Waals surface area contributed by atoms with Gasteiger partial charge in [0.25, 0.3) is 0 Å². The van der Waals surface area contributed by atoms with Gasteiger partial charge < -0.3 is 4.52 Å². The summed E-state index contributed by atoms with van der Waals surface area (Å²) in [6, 6.07) is 0. The molecule has 0 saturated carbocycles. The van der Waals surface area contributed by atoms with Crippen molar-refractivity contribution < 1.29 is 13.6 Å². The largest absolute Gasteiger partial charge is 0.389 e. The molecule has 0 saturated heterocycles. The number of hydrogen-bond acceptors (Lipinski definition) is 4. The Morgan fingerprint density at radius 2 is 1.58 bits per heavy atom. The summed E-state index contributed by atoms with van der Waals surface area (Å²) < 4.78 is 18.6. The minimum absolute atomic E-state index is 0.153. The van der Waals surface area contributed by atoms with Gasteiger partial charge in [-0.2, -0.15) is 0 Å². The van der Waals surface area contributed by atoms with Crippen LogP contribution < -0.4 is 0 Å². The van der Waals surface area contributed by atoms with E-state index in [4.69, 9.17) is 78.7 Å². The molecule has 3 nitrogen and oxygen atoms in total. The Balaban J connectivity index is 5.11. The molecule has 0 radical (unpaired) electrons. The highest BCUT2D eigenvalue weighted by Gasteiger charge is 2.51. The van der Waals surface area contributed by atoms with E-state index in [1.165, 1.54) is 0 Å². The molecule has 0 rings (SSSR count). The lowest BCUT2D eigenvalue weighted by atomic mass is 10.4. The molecule has 19 heavy (non-hydrogen) atoms. The zero-order valence-corrected chi connectivity index (χ0v) is 16.3. The normalized spacial score (nSPS) is 16.7. The van der Waals surface area contributed by atoms with Crippen molar-refractivity contribution in [1.29, 1.82) is 0 Å². The van der Waals surface area contributed by atoms with Crippen molar-refractivity contribution in [3.63, 3.8) is 0 Å². The van der Waals surface area contributed by atoms with Crippen LogP contribution >= 0.6 is 87.8 Å². The summed E-state index contributed by atoms with van der Waals surface area (Å²) in [7, 11) is 0. The Hall–Kier alpha value is 2.24. The van der Waals surface area contributed by atoms with Gasteiger partial charge in [-0.25, -0.2) is 4.57 Å².